The molecule has 102 valence electrons. The maximum absolute atomic E-state index is 11.5. The van der Waals surface area contributed by atoms with E-state index in [1.807, 2.05) is 20.8 Å². The number of ether oxygens (including phenoxy) is 3. The molecule has 0 aromatic heterocycles. The first-order valence-electron chi connectivity index (χ1n) is 5.88. The van der Waals surface area contributed by atoms with Crippen LogP contribution < -0.4 is 5.73 Å². The average Bonchev–Trinajstić information content (AvgIpc) is 2.25. The second-order valence-corrected chi connectivity index (χ2v) is 4.97. The van der Waals surface area contributed by atoms with Gasteiger partial charge < -0.3 is 19.9 Å². The maximum Gasteiger partial charge on any atom is 0.323 e. The largest absolute Gasteiger partial charge is 0.464 e. The summed E-state index contributed by atoms with van der Waals surface area (Å²) in [5.74, 6) is -0.352. The van der Waals surface area contributed by atoms with Crippen LogP contribution in [-0.2, 0) is 19.0 Å². The van der Waals surface area contributed by atoms with Crippen LogP contribution in [0.5, 0.6) is 0 Å². The lowest BCUT2D eigenvalue weighted by Gasteiger charge is -2.24. The van der Waals surface area contributed by atoms with Gasteiger partial charge in [0.2, 0.25) is 0 Å². The Hall–Kier alpha value is -0.650. The molecule has 0 heterocycles. The second-order valence-electron chi connectivity index (χ2n) is 4.97. The zero-order chi connectivity index (χ0) is 13.3. The number of esters is 1. The van der Waals surface area contributed by atoms with Crippen LogP contribution >= 0.6 is 0 Å². The fourth-order valence-corrected chi connectivity index (χ4v) is 1.02. The van der Waals surface area contributed by atoms with Gasteiger partial charge in [-0.3, -0.25) is 4.79 Å². The highest BCUT2D eigenvalue weighted by Crippen LogP contribution is 2.18. The highest BCUT2D eigenvalue weighted by Gasteiger charge is 2.28. The molecule has 0 aliphatic carbocycles. The molecule has 0 radical (unpaired) electrons. The fourth-order valence-electron chi connectivity index (χ4n) is 1.02. The first kappa shape index (κ1) is 16.4. The predicted octanol–water partition coefficient (Wildman–Crippen LogP) is 0.956. The normalized spacial score (nSPS) is 13.5. The van der Waals surface area contributed by atoms with Crippen LogP contribution in [0.3, 0.4) is 0 Å². The topological polar surface area (TPSA) is 70.8 Å². The molecule has 1 atom stereocenters. The van der Waals surface area contributed by atoms with E-state index in [4.69, 9.17) is 19.9 Å². The molecule has 0 aliphatic heterocycles. The Morgan fingerprint density at radius 2 is 1.82 bits per heavy atom. The molecule has 0 amide bonds. The van der Waals surface area contributed by atoms with Crippen LogP contribution in [0.1, 0.15) is 27.2 Å². The number of hydrogen-bond acceptors (Lipinski definition) is 5. The summed E-state index contributed by atoms with van der Waals surface area (Å²) < 4.78 is 15.1. The highest BCUT2D eigenvalue weighted by atomic mass is 16.5. The van der Waals surface area contributed by atoms with Crippen molar-refractivity contribution < 1.29 is 19.0 Å². The van der Waals surface area contributed by atoms with Crippen molar-refractivity contribution in [3.05, 3.63) is 0 Å². The molecular formula is C12H25NO4. The Labute approximate surface area is 104 Å². The number of hydrogen-bond donors (Lipinski definition) is 1. The number of nitrogens with two attached hydrogens (primary N) is 1. The van der Waals surface area contributed by atoms with E-state index in [0.29, 0.717) is 32.8 Å². The molecule has 0 unspecified atom stereocenters. The van der Waals surface area contributed by atoms with Gasteiger partial charge in [0.25, 0.3) is 0 Å². The quantitative estimate of drug-likeness (QED) is 0.511. The lowest BCUT2D eigenvalue weighted by atomic mass is 9.87. The summed E-state index contributed by atoms with van der Waals surface area (Å²) in [6.45, 7) is 7.77. The van der Waals surface area contributed by atoms with E-state index in [9.17, 15) is 4.79 Å². The minimum atomic E-state index is -0.586. The lowest BCUT2D eigenvalue weighted by molar-refractivity contribution is -0.148. The Bertz CT molecular complexity index is 213. The van der Waals surface area contributed by atoms with Gasteiger partial charge in [-0.05, 0) is 5.41 Å². The minimum Gasteiger partial charge on any atom is -0.464 e. The van der Waals surface area contributed by atoms with Gasteiger partial charge >= 0.3 is 5.97 Å². The molecule has 0 aliphatic rings. The zero-order valence-electron chi connectivity index (χ0n) is 11.3. The molecule has 0 aromatic carbocycles. The summed E-state index contributed by atoms with van der Waals surface area (Å²) in [7, 11) is 1.62. The Balaban J connectivity index is 3.52. The van der Waals surface area contributed by atoms with E-state index < -0.39 is 6.04 Å². The molecule has 0 saturated heterocycles. The number of methoxy groups -OCH3 is 1. The monoisotopic (exact) mass is 247 g/mol. The summed E-state index contributed by atoms with van der Waals surface area (Å²) in [6.07, 6.45) is 0.673. The van der Waals surface area contributed by atoms with E-state index in [2.05, 4.69) is 0 Å². The van der Waals surface area contributed by atoms with Crippen molar-refractivity contribution in [2.24, 2.45) is 11.1 Å². The number of carbonyl (C=O) groups is 1. The standard InChI is InChI=1S/C12H25NO4/c1-12(2,3)10(13)11(14)17-7-5-6-16-9-8-15-4/h10H,5-9,13H2,1-4H3/t10-/m1/s1. The maximum atomic E-state index is 11.5. The Kier molecular flexibility index (Phi) is 8.12. The summed E-state index contributed by atoms with van der Waals surface area (Å²) in [5, 5.41) is 0. The van der Waals surface area contributed by atoms with Crippen LogP contribution in [-0.4, -0.2) is 45.5 Å². The molecule has 0 spiro atoms. The summed E-state index contributed by atoms with van der Waals surface area (Å²) in [4.78, 5) is 11.5. The number of rotatable bonds is 8. The molecule has 17 heavy (non-hydrogen) atoms. The van der Waals surface area contributed by atoms with Crippen LogP contribution in [0, 0.1) is 5.41 Å². The third kappa shape index (κ3) is 8.12. The fraction of sp³-hybridized carbons (Fsp3) is 0.917. The summed E-state index contributed by atoms with van der Waals surface area (Å²) >= 11 is 0. The molecule has 0 rings (SSSR count). The van der Waals surface area contributed by atoms with E-state index in [1.54, 1.807) is 7.11 Å². The van der Waals surface area contributed by atoms with Gasteiger partial charge in [0, 0.05) is 20.1 Å². The minimum absolute atomic E-state index is 0.272. The smallest absolute Gasteiger partial charge is 0.323 e. The van der Waals surface area contributed by atoms with Crippen molar-refractivity contribution in [3.8, 4) is 0 Å². The van der Waals surface area contributed by atoms with Gasteiger partial charge in [-0.15, -0.1) is 0 Å². The van der Waals surface area contributed by atoms with Gasteiger partial charge in [-0.1, -0.05) is 20.8 Å². The van der Waals surface area contributed by atoms with Crippen molar-refractivity contribution in [2.45, 2.75) is 33.2 Å². The third-order valence-corrected chi connectivity index (χ3v) is 2.30. The molecule has 0 fully saturated rings. The van der Waals surface area contributed by atoms with Gasteiger partial charge in [0.15, 0.2) is 0 Å². The molecule has 5 heteroatoms. The van der Waals surface area contributed by atoms with Crippen molar-refractivity contribution in [2.75, 3.05) is 33.5 Å². The summed E-state index contributed by atoms with van der Waals surface area (Å²) in [6, 6.07) is -0.586. The first-order chi connectivity index (χ1) is 7.89. The molecular weight excluding hydrogens is 222 g/mol. The van der Waals surface area contributed by atoms with Crippen LogP contribution in [0.15, 0.2) is 0 Å². The van der Waals surface area contributed by atoms with Crippen LogP contribution in [0.2, 0.25) is 0 Å². The Morgan fingerprint density at radius 1 is 1.18 bits per heavy atom. The zero-order valence-corrected chi connectivity index (χ0v) is 11.3. The SMILES string of the molecule is COCCOCCCOC(=O)[C@@H](N)C(C)(C)C. The molecule has 5 nitrogen and oxygen atoms in total. The Morgan fingerprint density at radius 3 is 2.35 bits per heavy atom. The molecule has 0 saturated carbocycles. The lowest BCUT2D eigenvalue weighted by Crippen LogP contribution is -2.43. The van der Waals surface area contributed by atoms with E-state index in [0.717, 1.165) is 0 Å². The van der Waals surface area contributed by atoms with Gasteiger partial charge in [-0.2, -0.15) is 0 Å². The third-order valence-electron chi connectivity index (χ3n) is 2.30. The van der Waals surface area contributed by atoms with E-state index in [-0.39, 0.29) is 11.4 Å². The van der Waals surface area contributed by atoms with Crippen molar-refractivity contribution in [1.82, 2.24) is 0 Å². The van der Waals surface area contributed by atoms with Gasteiger partial charge in [-0.25, -0.2) is 0 Å². The number of carbonyl (C=O) groups excluding carboxylic acids is 1. The van der Waals surface area contributed by atoms with Crippen LogP contribution in [0.4, 0.5) is 0 Å². The van der Waals surface area contributed by atoms with Gasteiger partial charge in [0.05, 0.1) is 19.8 Å². The molecule has 0 bridgehead atoms. The average molecular weight is 247 g/mol. The predicted molar refractivity (Wildman–Crippen MR) is 65.7 cm³/mol. The van der Waals surface area contributed by atoms with E-state index in [1.165, 1.54) is 0 Å². The van der Waals surface area contributed by atoms with Gasteiger partial charge in [0.1, 0.15) is 6.04 Å². The summed E-state index contributed by atoms with van der Waals surface area (Å²) in [5.41, 5.74) is 5.48. The van der Waals surface area contributed by atoms with Crippen molar-refractivity contribution in [3.63, 3.8) is 0 Å². The highest BCUT2D eigenvalue weighted by molar-refractivity contribution is 5.76. The van der Waals surface area contributed by atoms with Crippen molar-refractivity contribution in [1.29, 1.82) is 0 Å². The second kappa shape index (κ2) is 8.44. The molecule has 2 N–H and O–H groups in total. The van der Waals surface area contributed by atoms with Crippen molar-refractivity contribution >= 4 is 5.97 Å². The first-order valence-corrected chi connectivity index (χ1v) is 5.88. The van der Waals surface area contributed by atoms with Crippen LogP contribution in [0.25, 0.3) is 0 Å². The van der Waals surface area contributed by atoms with E-state index >= 15 is 0 Å². The molecule has 0 aromatic rings.